The first-order valence-corrected chi connectivity index (χ1v) is 21.0. The summed E-state index contributed by atoms with van der Waals surface area (Å²) in [6.45, 7) is 0. The van der Waals surface area contributed by atoms with Crippen LogP contribution in [0.15, 0.2) is 206 Å². The molecule has 0 aliphatic carbocycles. The lowest BCUT2D eigenvalue weighted by atomic mass is 9.94. The second-order valence-electron chi connectivity index (χ2n) is 15.2. The molecule has 280 valence electrons. The highest BCUT2D eigenvalue weighted by molar-refractivity contribution is 7.25. The standard InChI is InChI=1S/C55H34N4S/c1-3-15-35(16-4-1)37-27-29-45(50(34-37)59-48-24-12-9-21-42(48)43-22-10-13-25-49(43)59)55-57-53(36-17-5-2-6-18-36)56-54(58-55)40-31-38-19-7-8-20-41(38)46(33-40)39-28-30-52-47(32-39)44-23-11-14-26-51(44)60-52/h1-34H. The van der Waals surface area contributed by atoms with Gasteiger partial charge in [-0.05, 0) is 87.6 Å². The molecule has 3 aromatic heterocycles. The van der Waals surface area contributed by atoms with Crippen LogP contribution in [0.1, 0.15) is 0 Å². The van der Waals surface area contributed by atoms with Crippen molar-refractivity contribution in [1.29, 1.82) is 0 Å². The highest BCUT2D eigenvalue weighted by atomic mass is 32.1. The first-order valence-electron chi connectivity index (χ1n) is 20.2. The lowest BCUT2D eigenvalue weighted by Crippen LogP contribution is -2.04. The van der Waals surface area contributed by atoms with Crippen molar-refractivity contribution in [3.8, 4) is 62.1 Å². The van der Waals surface area contributed by atoms with Crippen molar-refractivity contribution in [3.05, 3.63) is 206 Å². The summed E-state index contributed by atoms with van der Waals surface area (Å²) in [5, 5.41) is 7.26. The SMILES string of the molecule is c1ccc(-c2ccc(-c3nc(-c4ccccc4)nc(-c4cc(-c5ccc6sc7ccccc7c6c5)c5ccccc5c4)n3)c(-n3c4ccccc4c4ccccc43)c2)cc1. The summed E-state index contributed by atoms with van der Waals surface area (Å²) in [5.74, 6) is 1.85. The number of benzene rings is 9. The molecule has 0 bridgehead atoms. The fourth-order valence-corrected chi connectivity index (χ4v) is 9.90. The summed E-state index contributed by atoms with van der Waals surface area (Å²) in [4.78, 5) is 16.0. The average molecular weight is 783 g/mol. The van der Waals surface area contributed by atoms with Crippen molar-refractivity contribution in [2.45, 2.75) is 0 Å². The smallest absolute Gasteiger partial charge is 0.166 e. The van der Waals surface area contributed by atoms with Gasteiger partial charge >= 0.3 is 0 Å². The Labute approximate surface area is 350 Å². The molecule has 0 saturated heterocycles. The molecule has 5 heteroatoms. The molecule has 0 radical (unpaired) electrons. The second kappa shape index (κ2) is 14.0. The highest BCUT2D eigenvalue weighted by Crippen LogP contribution is 2.41. The summed E-state index contributed by atoms with van der Waals surface area (Å²) in [5.41, 5.74) is 10.6. The Balaban J connectivity index is 1.12. The molecule has 0 aliphatic rings. The average Bonchev–Trinajstić information content (AvgIpc) is 3.87. The molecule has 0 fully saturated rings. The van der Waals surface area contributed by atoms with Crippen LogP contribution in [0.25, 0.3) is 115 Å². The van der Waals surface area contributed by atoms with E-state index < -0.39 is 0 Å². The molecule has 3 heterocycles. The van der Waals surface area contributed by atoms with Crippen LogP contribution >= 0.6 is 11.3 Å². The number of fused-ring (bicyclic) bond motifs is 7. The Morgan fingerprint density at radius 2 is 0.883 bits per heavy atom. The minimum Gasteiger partial charge on any atom is -0.308 e. The van der Waals surface area contributed by atoms with Crippen LogP contribution in [0.5, 0.6) is 0 Å². The lowest BCUT2D eigenvalue weighted by Gasteiger charge is -2.17. The normalized spacial score (nSPS) is 11.7. The zero-order chi connectivity index (χ0) is 39.6. The topological polar surface area (TPSA) is 43.6 Å². The lowest BCUT2D eigenvalue weighted by molar-refractivity contribution is 1.06. The molecule has 12 rings (SSSR count). The third-order valence-electron chi connectivity index (χ3n) is 11.6. The van der Waals surface area contributed by atoms with Gasteiger partial charge in [0.05, 0.1) is 16.7 Å². The van der Waals surface area contributed by atoms with Crippen LogP contribution in [0, 0.1) is 0 Å². The van der Waals surface area contributed by atoms with Crippen molar-refractivity contribution in [3.63, 3.8) is 0 Å². The monoisotopic (exact) mass is 782 g/mol. The van der Waals surface area contributed by atoms with Gasteiger partial charge < -0.3 is 4.57 Å². The number of nitrogens with zero attached hydrogens (tertiary/aromatic N) is 4. The maximum atomic E-state index is 5.42. The largest absolute Gasteiger partial charge is 0.308 e. The number of para-hydroxylation sites is 2. The zero-order valence-corrected chi connectivity index (χ0v) is 33.1. The van der Waals surface area contributed by atoms with Crippen molar-refractivity contribution in [1.82, 2.24) is 19.5 Å². The third kappa shape index (κ3) is 5.70. The Morgan fingerprint density at radius 3 is 1.63 bits per heavy atom. The van der Waals surface area contributed by atoms with Gasteiger partial charge in [-0.15, -0.1) is 11.3 Å². The number of hydrogen-bond donors (Lipinski definition) is 0. The molecule has 4 nitrogen and oxygen atoms in total. The van der Waals surface area contributed by atoms with Gasteiger partial charge in [-0.1, -0.05) is 152 Å². The number of hydrogen-bond acceptors (Lipinski definition) is 4. The first-order chi connectivity index (χ1) is 29.7. The van der Waals surface area contributed by atoms with E-state index in [1.165, 1.54) is 36.3 Å². The van der Waals surface area contributed by atoms with Gasteiger partial charge in [-0.2, -0.15) is 0 Å². The maximum absolute atomic E-state index is 5.42. The van der Waals surface area contributed by atoms with Gasteiger partial charge in [0, 0.05) is 47.6 Å². The molecular weight excluding hydrogens is 749 g/mol. The first kappa shape index (κ1) is 34.3. The van der Waals surface area contributed by atoms with E-state index in [2.05, 4.69) is 193 Å². The van der Waals surface area contributed by atoms with E-state index in [0.717, 1.165) is 61.1 Å². The van der Waals surface area contributed by atoms with Gasteiger partial charge in [-0.3, -0.25) is 0 Å². The van der Waals surface area contributed by atoms with E-state index in [4.69, 9.17) is 15.0 Å². The summed E-state index contributed by atoms with van der Waals surface area (Å²) < 4.78 is 4.95. The molecule has 0 unspecified atom stereocenters. The Bertz CT molecular complexity index is 3550. The predicted molar refractivity (Wildman–Crippen MR) is 252 cm³/mol. The van der Waals surface area contributed by atoms with Crippen molar-refractivity contribution in [2.24, 2.45) is 0 Å². The van der Waals surface area contributed by atoms with Crippen LogP contribution in [-0.4, -0.2) is 19.5 Å². The van der Waals surface area contributed by atoms with E-state index in [-0.39, 0.29) is 0 Å². The molecule has 0 atom stereocenters. The Kier molecular flexibility index (Phi) is 8.00. The maximum Gasteiger partial charge on any atom is 0.166 e. The molecule has 12 aromatic rings. The summed E-state index contributed by atoms with van der Waals surface area (Å²) >= 11 is 1.84. The Morgan fingerprint density at radius 1 is 0.317 bits per heavy atom. The van der Waals surface area contributed by atoms with E-state index in [1.807, 2.05) is 29.5 Å². The Hall–Kier alpha value is -7.73. The fraction of sp³-hybridized carbons (Fsp3) is 0. The third-order valence-corrected chi connectivity index (χ3v) is 12.8. The molecule has 9 aromatic carbocycles. The van der Waals surface area contributed by atoms with E-state index in [1.54, 1.807) is 0 Å². The zero-order valence-electron chi connectivity index (χ0n) is 32.3. The molecule has 60 heavy (non-hydrogen) atoms. The quantitative estimate of drug-likeness (QED) is 0.169. The summed E-state index contributed by atoms with van der Waals surface area (Å²) in [6.07, 6.45) is 0. The van der Waals surface area contributed by atoms with Crippen LogP contribution in [0.2, 0.25) is 0 Å². The van der Waals surface area contributed by atoms with Gasteiger partial charge in [0.15, 0.2) is 17.5 Å². The van der Waals surface area contributed by atoms with E-state index in [0.29, 0.717) is 17.5 Å². The van der Waals surface area contributed by atoms with Gasteiger partial charge in [0.25, 0.3) is 0 Å². The second-order valence-corrected chi connectivity index (χ2v) is 16.3. The van der Waals surface area contributed by atoms with Crippen molar-refractivity contribution < 1.29 is 0 Å². The van der Waals surface area contributed by atoms with Crippen LogP contribution in [-0.2, 0) is 0 Å². The minimum atomic E-state index is 0.608. The summed E-state index contributed by atoms with van der Waals surface area (Å²) in [6, 6.07) is 73.4. The molecule has 0 amide bonds. The van der Waals surface area contributed by atoms with Crippen LogP contribution in [0.4, 0.5) is 0 Å². The van der Waals surface area contributed by atoms with Crippen molar-refractivity contribution in [2.75, 3.05) is 0 Å². The molecule has 0 aliphatic heterocycles. The fourth-order valence-electron chi connectivity index (χ4n) is 8.81. The predicted octanol–water partition coefficient (Wildman–Crippen LogP) is 14.8. The molecule has 0 N–H and O–H groups in total. The molecular formula is C55H34N4S. The number of rotatable bonds is 6. The van der Waals surface area contributed by atoms with Gasteiger partial charge in [0.2, 0.25) is 0 Å². The van der Waals surface area contributed by atoms with Crippen LogP contribution < -0.4 is 0 Å². The summed E-state index contributed by atoms with van der Waals surface area (Å²) in [7, 11) is 0. The molecule has 0 spiro atoms. The minimum absolute atomic E-state index is 0.608. The van der Waals surface area contributed by atoms with E-state index >= 15 is 0 Å². The van der Waals surface area contributed by atoms with E-state index in [9.17, 15) is 0 Å². The highest BCUT2D eigenvalue weighted by Gasteiger charge is 2.21. The number of thiophene rings is 1. The van der Waals surface area contributed by atoms with Gasteiger partial charge in [-0.25, -0.2) is 15.0 Å². The van der Waals surface area contributed by atoms with Gasteiger partial charge in [0.1, 0.15) is 0 Å². The van der Waals surface area contributed by atoms with Crippen molar-refractivity contribution >= 4 is 64.1 Å². The van der Waals surface area contributed by atoms with Crippen LogP contribution in [0.3, 0.4) is 0 Å². The number of aromatic nitrogens is 4. The molecule has 0 saturated carbocycles.